The average molecular weight is 413 g/mol. The van der Waals surface area contributed by atoms with Crippen molar-refractivity contribution >= 4 is 34.5 Å². The summed E-state index contributed by atoms with van der Waals surface area (Å²) >= 11 is 0. The molecule has 0 fully saturated rings. The van der Waals surface area contributed by atoms with E-state index in [9.17, 15) is 19.7 Å². The predicted molar refractivity (Wildman–Crippen MR) is 113 cm³/mol. The molecule has 1 aromatic carbocycles. The molecule has 4 heterocycles. The number of Topliss-reactive ketones (excluding diaryl/α,β-unsaturated/α-hetero) is 1. The lowest BCUT2D eigenvalue weighted by molar-refractivity contribution is -0.384. The van der Waals surface area contributed by atoms with Crippen molar-refractivity contribution in [2.24, 2.45) is 0 Å². The summed E-state index contributed by atoms with van der Waals surface area (Å²) in [4.78, 5) is 42.5. The van der Waals surface area contributed by atoms with Gasteiger partial charge in [-0.15, -0.1) is 0 Å². The van der Waals surface area contributed by atoms with Crippen LogP contribution in [0.25, 0.3) is 27.9 Å². The molecule has 9 nitrogen and oxygen atoms in total. The summed E-state index contributed by atoms with van der Waals surface area (Å²) in [6, 6.07) is 10.5. The van der Waals surface area contributed by atoms with E-state index in [4.69, 9.17) is 0 Å². The second kappa shape index (κ2) is 7.06. The number of aromatic amines is 1. The van der Waals surface area contributed by atoms with Crippen LogP contribution < -0.4 is 5.32 Å². The normalized spacial score (nSPS) is 15.1. The first kappa shape index (κ1) is 18.5. The lowest BCUT2D eigenvalue weighted by Gasteiger charge is -2.22. The third kappa shape index (κ3) is 2.99. The van der Waals surface area contributed by atoms with E-state index in [1.165, 1.54) is 30.5 Å². The molecule has 31 heavy (non-hydrogen) atoms. The van der Waals surface area contributed by atoms with Crippen molar-refractivity contribution in [1.82, 2.24) is 19.9 Å². The molecular formula is C22H15N5O4. The van der Waals surface area contributed by atoms with Gasteiger partial charge in [-0.25, -0.2) is 4.98 Å². The number of benzene rings is 1. The largest absolute Gasteiger partial charge is 0.375 e. The van der Waals surface area contributed by atoms with E-state index < -0.39 is 11.0 Å². The van der Waals surface area contributed by atoms with Gasteiger partial charge in [-0.1, -0.05) is 0 Å². The van der Waals surface area contributed by atoms with E-state index in [-0.39, 0.29) is 11.5 Å². The molecule has 0 saturated carbocycles. The fourth-order valence-corrected chi connectivity index (χ4v) is 3.76. The maximum atomic E-state index is 13.1. The standard InChI is InChI=1S/C22H15N5O4/c28-12-18-19-8-14(17-9-25-22-16(17)2-1-7-23-22)11-26(19)20(10-24-18)21(29)13-3-5-15(6-4-13)27(30)31/h1-12,18,24H,(H,23,25). The highest BCUT2D eigenvalue weighted by Crippen LogP contribution is 2.34. The van der Waals surface area contributed by atoms with Crippen LogP contribution in [0.15, 0.2) is 67.3 Å². The zero-order valence-corrected chi connectivity index (χ0v) is 16.0. The lowest BCUT2D eigenvalue weighted by atomic mass is 10.1. The van der Waals surface area contributed by atoms with Gasteiger partial charge in [0.15, 0.2) is 0 Å². The number of aldehydes is 1. The quantitative estimate of drug-likeness (QED) is 0.224. The molecular weight excluding hydrogens is 398 g/mol. The maximum Gasteiger partial charge on any atom is 0.269 e. The number of nitrogens with one attached hydrogen (secondary N) is 2. The Bertz CT molecular complexity index is 1380. The number of nitrogens with zero attached hydrogens (tertiary/aromatic N) is 3. The number of rotatable bonds is 5. The third-order valence-corrected chi connectivity index (χ3v) is 5.30. The van der Waals surface area contributed by atoms with Crippen LogP contribution in [-0.2, 0) is 4.79 Å². The topological polar surface area (TPSA) is 123 Å². The zero-order chi connectivity index (χ0) is 21.5. The van der Waals surface area contributed by atoms with E-state index in [0.717, 1.165) is 28.4 Å². The molecule has 0 bridgehead atoms. The first-order chi connectivity index (χ1) is 15.1. The van der Waals surface area contributed by atoms with Crippen molar-refractivity contribution in [3.8, 4) is 11.1 Å². The first-order valence-corrected chi connectivity index (χ1v) is 9.42. The number of hydrogen-bond donors (Lipinski definition) is 2. The van der Waals surface area contributed by atoms with Crippen molar-refractivity contribution in [2.45, 2.75) is 6.04 Å². The van der Waals surface area contributed by atoms with Gasteiger partial charge in [-0.2, -0.15) is 0 Å². The Balaban J connectivity index is 1.58. The van der Waals surface area contributed by atoms with Gasteiger partial charge in [-0.05, 0) is 30.3 Å². The van der Waals surface area contributed by atoms with E-state index in [1.54, 1.807) is 17.0 Å². The summed E-state index contributed by atoms with van der Waals surface area (Å²) in [7, 11) is 0. The van der Waals surface area contributed by atoms with Gasteiger partial charge in [0.2, 0.25) is 5.78 Å². The Morgan fingerprint density at radius 3 is 2.77 bits per heavy atom. The van der Waals surface area contributed by atoms with Crippen molar-refractivity contribution in [1.29, 1.82) is 0 Å². The van der Waals surface area contributed by atoms with Gasteiger partial charge in [0.1, 0.15) is 23.7 Å². The summed E-state index contributed by atoms with van der Waals surface area (Å²) in [6.45, 7) is 0. The van der Waals surface area contributed by atoms with Gasteiger partial charge in [-0.3, -0.25) is 14.9 Å². The van der Waals surface area contributed by atoms with Gasteiger partial charge in [0.25, 0.3) is 5.69 Å². The van der Waals surface area contributed by atoms with Crippen LogP contribution in [-0.4, -0.2) is 31.5 Å². The van der Waals surface area contributed by atoms with Gasteiger partial charge >= 0.3 is 0 Å². The number of allylic oxidation sites excluding steroid dienone is 1. The predicted octanol–water partition coefficient (Wildman–Crippen LogP) is 3.46. The summed E-state index contributed by atoms with van der Waals surface area (Å²) in [6.07, 6.45) is 7.61. The van der Waals surface area contributed by atoms with Crippen LogP contribution in [0, 0.1) is 10.1 Å². The molecule has 152 valence electrons. The Morgan fingerprint density at radius 1 is 1.23 bits per heavy atom. The van der Waals surface area contributed by atoms with Crippen LogP contribution in [0.1, 0.15) is 22.1 Å². The van der Waals surface area contributed by atoms with E-state index in [0.29, 0.717) is 17.0 Å². The number of carbonyl (C=O) groups excluding carboxylic acids is 2. The molecule has 0 spiro atoms. The van der Waals surface area contributed by atoms with E-state index in [1.807, 2.05) is 24.4 Å². The molecule has 1 aliphatic heterocycles. The van der Waals surface area contributed by atoms with Crippen LogP contribution in [0.4, 0.5) is 5.69 Å². The van der Waals surface area contributed by atoms with Crippen molar-refractivity contribution in [2.75, 3.05) is 0 Å². The molecule has 3 aromatic heterocycles. The minimum Gasteiger partial charge on any atom is -0.375 e. The van der Waals surface area contributed by atoms with Crippen molar-refractivity contribution in [3.63, 3.8) is 0 Å². The second-order valence-electron chi connectivity index (χ2n) is 7.07. The average Bonchev–Trinajstić information content (AvgIpc) is 3.42. The smallest absolute Gasteiger partial charge is 0.269 e. The van der Waals surface area contributed by atoms with Gasteiger partial charge in [0.05, 0.1) is 10.6 Å². The molecule has 1 atom stereocenters. The highest BCUT2D eigenvalue weighted by molar-refractivity contribution is 6.24. The molecule has 4 aromatic rings. The fraction of sp³-hybridized carbons (Fsp3) is 0.0455. The van der Waals surface area contributed by atoms with Crippen LogP contribution in [0.2, 0.25) is 0 Å². The first-order valence-electron chi connectivity index (χ1n) is 9.42. The monoisotopic (exact) mass is 413 g/mol. The number of non-ortho nitro benzene ring substituents is 1. The van der Waals surface area contributed by atoms with Crippen molar-refractivity contribution in [3.05, 3.63) is 88.6 Å². The summed E-state index contributed by atoms with van der Waals surface area (Å²) in [5.41, 5.74) is 3.61. The Kier molecular flexibility index (Phi) is 4.21. The maximum absolute atomic E-state index is 13.1. The molecule has 2 N–H and O–H groups in total. The highest BCUT2D eigenvalue weighted by atomic mass is 16.6. The van der Waals surface area contributed by atoms with E-state index in [2.05, 4.69) is 15.3 Å². The number of carbonyl (C=O) groups is 2. The number of fused-ring (bicyclic) bond motifs is 2. The summed E-state index contributed by atoms with van der Waals surface area (Å²) in [5.74, 6) is -0.323. The third-order valence-electron chi connectivity index (χ3n) is 5.30. The summed E-state index contributed by atoms with van der Waals surface area (Å²) < 4.78 is 1.68. The molecule has 0 aliphatic carbocycles. The molecule has 0 amide bonds. The van der Waals surface area contributed by atoms with Crippen LogP contribution >= 0.6 is 0 Å². The molecule has 5 rings (SSSR count). The minimum absolute atomic E-state index is 0.0924. The van der Waals surface area contributed by atoms with Gasteiger partial charge < -0.3 is 19.7 Å². The Hall–Kier alpha value is -4.53. The highest BCUT2D eigenvalue weighted by Gasteiger charge is 2.27. The van der Waals surface area contributed by atoms with Crippen molar-refractivity contribution < 1.29 is 14.5 Å². The number of nitro benzene ring substituents is 1. The fourth-order valence-electron chi connectivity index (χ4n) is 3.76. The number of ketones is 1. The number of nitro groups is 1. The molecule has 0 radical (unpaired) electrons. The zero-order valence-electron chi connectivity index (χ0n) is 16.0. The van der Waals surface area contributed by atoms with Crippen LogP contribution in [0.3, 0.4) is 0 Å². The molecule has 0 saturated heterocycles. The SMILES string of the molecule is O=CC1NC=C(C(=O)c2ccc([N+](=O)[O-])cc2)n2cc(-c3c[nH]c4ncccc34)cc21. The Morgan fingerprint density at radius 2 is 2.03 bits per heavy atom. The molecule has 1 unspecified atom stereocenters. The number of H-pyrrole nitrogens is 1. The number of hydrogen-bond acceptors (Lipinski definition) is 6. The lowest BCUT2D eigenvalue weighted by Crippen LogP contribution is -2.28. The summed E-state index contributed by atoms with van der Waals surface area (Å²) in [5, 5.41) is 14.8. The second-order valence-corrected chi connectivity index (χ2v) is 7.07. The number of pyridine rings is 1. The molecule has 9 heteroatoms. The van der Waals surface area contributed by atoms with E-state index >= 15 is 0 Å². The van der Waals surface area contributed by atoms with Gasteiger partial charge in [0, 0.05) is 59.0 Å². The van der Waals surface area contributed by atoms with Crippen LogP contribution in [0.5, 0.6) is 0 Å². The Labute approximate surface area is 175 Å². The number of aromatic nitrogens is 3. The molecule has 1 aliphatic rings. The minimum atomic E-state index is -0.606.